The van der Waals surface area contributed by atoms with Crippen molar-refractivity contribution >= 4 is 11.9 Å². The summed E-state index contributed by atoms with van der Waals surface area (Å²) in [4.78, 5) is 25.6. The van der Waals surface area contributed by atoms with Gasteiger partial charge in [0.05, 0.1) is 0 Å². The fourth-order valence-electron chi connectivity index (χ4n) is 3.58. The van der Waals surface area contributed by atoms with E-state index in [4.69, 9.17) is 0 Å². The van der Waals surface area contributed by atoms with Gasteiger partial charge in [-0.15, -0.1) is 0 Å². The molecule has 1 aromatic carbocycles. The zero-order valence-corrected chi connectivity index (χ0v) is 12.1. The van der Waals surface area contributed by atoms with E-state index in [9.17, 15) is 14.7 Å². The normalized spacial score (nSPS) is 22.1. The Morgan fingerprint density at radius 2 is 1.81 bits per heavy atom. The Labute approximate surface area is 124 Å². The van der Waals surface area contributed by atoms with Gasteiger partial charge in [-0.05, 0) is 29.9 Å². The second kappa shape index (κ2) is 5.88. The van der Waals surface area contributed by atoms with E-state index >= 15 is 0 Å². The van der Waals surface area contributed by atoms with Gasteiger partial charge >= 0.3 is 5.97 Å². The van der Waals surface area contributed by atoms with Crippen LogP contribution < -0.4 is 0 Å². The standard InChI is InChI=1S/C17H21NO3/c19-16(9-12-5-1-2-6-12)18-11-14-8-4-3-7-13(14)10-15(18)17(20)21/h3-4,7-8,12,15H,1-2,5-6,9-11H2,(H,20,21). The number of aliphatic carboxylic acids is 1. The number of fused-ring (bicyclic) bond motifs is 1. The van der Waals surface area contributed by atoms with Crippen LogP contribution in [0, 0.1) is 5.92 Å². The molecule has 3 rings (SSSR count). The molecular weight excluding hydrogens is 266 g/mol. The Morgan fingerprint density at radius 1 is 1.14 bits per heavy atom. The number of nitrogens with zero attached hydrogens (tertiary/aromatic N) is 1. The molecule has 0 bridgehead atoms. The number of hydrogen-bond acceptors (Lipinski definition) is 2. The smallest absolute Gasteiger partial charge is 0.326 e. The van der Waals surface area contributed by atoms with Gasteiger partial charge in [-0.25, -0.2) is 4.79 Å². The van der Waals surface area contributed by atoms with Crippen molar-refractivity contribution in [3.05, 3.63) is 35.4 Å². The first-order valence-electron chi connectivity index (χ1n) is 7.74. The Morgan fingerprint density at radius 3 is 2.48 bits per heavy atom. The molecule has 1 aliphatic carbocycles. The molecule has 0 aromatic heterocycles. The van der Waals surface area contributed by atoms with E-state index in [2.05, 4.69) is 0 Å². The molecule has 1 unspecified atom stereocenters. The molecule has 1 atom stereocenters. The lowest BCUT2D eigenvalue weighted by atomic mass is 9.92. The fourth-order valence-corrected chi connectivity index (χ4v) is 3.58. The van der Waals surface area contributed by atoms with Gasteiger partial charge in [0.2, 0.25) is 5.91 Å². The molecule has 1 aromatic rings. The first-order chi connectivity index (χ1) is 10.1. The lowest BCUT2D eigenvalue weighted by molar-refractivity contribution is -0.151. The van der Waals surface area contributed by atoms with Crippen molar-refractivity contribution in [2.24, 2.45) is 5.92 Å². The van der Waals surface area contributed by atoms with Crippen LogP contribution in [0.4, 0.5) is 0 Å². The minimum atomic E-state index is -0.899. The first-order valence-corrected chi connectivity index (χ1v) is 7.74. The Kier molecular flexibility index (Phi) is 3.95. The highest BCUT2D eigenvalue weighted by atomic mass is 16.4. The van der Waals surface area contributed by atoms with E-state index in [1.54, 1.807) is 4.90 Å². The molecule has 0 saturated heterocycles. The first kappa shape index (κ1) is 14.1. The van der Waals surface area contributed by atoms with Crippen LogP contribution in [0.1, 0.15) is 43.2 Å². The predicted octanol–water partition coefficient (Wildman–Crippen LogP) is 2.60. The number of hydrogen-bond donors (Lipinski definition) is 1. The Bertz CT molecular complexity index is 549. The minimum Gasteiger partial charge on any atom is -0.480 e. The van der Waals surface area contributed by atoms with Gasteiger partial charge in [-0.1, -0.05) is 37.1 Å². The number of carbonyl (C=O) groups excluding carboxylic acids is 1. The molecule has 2 aliphatic rings. The topological polar surface area (TPSA) is 57.6 Å². The zero-order chi connectivity index (χ0) is 14.8. The van der Waals surface area contributed by atoms with Crippen LogP contribution in [-0.4, -0.2) is 27.9 Å². The maximum atomic E-state index is 12.5. The van der Waals surface area contributed by atoms with E-state index in [-0.39, 0.29) is 5.91 Å². The molecule has 1 fully saturated rings. The summed E-state index contributed by atoms with van der Waals surface area (Å²) in [6, 6.07) is 7.11. The average Bonchev–Trinajstić information content (AvgIpc) is 2.98. The number of amides is 1. The number of rotatable bonds is 3. The van der Waals surface area contributed by atoms with Crippen LogP contribution in [0.3, 0.4) is 0 Å². The van der Waals surface area contributed by atoms with Crippen molar-refractivity contribution in [3.8, 4) is 0 Å². The number of carboxylic acid groups (broad SMARTS) is 1. The third-order valence-electron chi connectivity index (χ3n) is 4.79. The fraction of sp³-hybridized carbons (Fsp3) is 0.529. The van der Waals surface area contributed by atoms with Crippen LogP contribution in [0.15, 0.2) is 24.3 Å². The van der Waals surface area contributed by atoms with Crippen molar-refractivity contribution in [1.82, 2.24) is 4.90 Å². The zero-order valence-electron chi connectivity index (χ0n) is 12.1. The summed E-state index contributed by atoms with van der Waals surface area (Å²) in [5.74, 6) is -0.447. The average molecular weight is 287 g/mol. The van der Waals surface area contributed by atoms with Crippen LogP contribution in [0.2, 0.25) is 0 Å². The second-order valence-corrected chi connectivity index (χ2v) is 6.20. The van der Waals surface area contributed by atoms with Gasteiger partial charge in [0, 0.05) is 19.4 Å². The van der Waals surface area contributed by atoms with Crippen LogP contribution in [0.5, 0.6) is 0 Å². The lowest BCUT2D eigenvalue weighted by Gasteiger charge is -2.35. The van der Waals surface area contributed by atoms with Crippen molar-refractivity contribution in [3.63, 3.8) is 0 Å². The summed E-state index contributed by atoms with van der Waals surface area (Å²) in [5, 5.41) is 9.45. The van der Waals surface area contributed by atoms with Crippen molar-refractivity contribution in [2.45, 2.75) is 51.1 Å². The second-order valence-electron chi connectivity index (χ2n) is 6.20. The van der Waals surface area contributed by atoms with Crippen LogP contribution in [0.25, 0.3) is 0 Å². The van der Waals surface area contributed by atoms with E-state index in [0.29, 0.717) is 25.3 Å². The highest BCUT2D eigenvalue weighted by Crippen LogP contribution is 2.30. The highest BCUT2D eigenvalue weighted by Gasteiger charge is 2.35. The van der Waals surface area contributed by atoms with Crippen molar-refractivity contribution in [1.29, 1.82) is 0 Å². The maximum absolute atomic E-state index is 12.5. The molecule has 1 aliphatic heterocycles. The quantitative estimate of drug-likeness (QED) is 0.929. The third kappa shape index (κ3) is 2.94. The summed E-state index contributed by atoms with van der Waals surface area (Å²) in [6.07, 6.45) is 5.53. The van der Waals surface area contributed by atoms with Gasteiger partial charge in [0.15, 0.2) is 0 Å². The monoisotopic (exact) mass is 287 g/mol. The maximum Gasteiger partial charge on any atom is 0.326 e. The number of carbonyl (C=O) groups is 2. The largest absolute Gasteiger partial charge is 0.480 e. The molecule has 1 saturated carbocycles. The third-order valence-corrected chi connectivity index (χ3v) is 4.79. The molecular formula is C17H21NO3. The molecule has 112 valence electrons. The van der Waals surface area contributed by atoms with E-state index in [1.807, 2.05) is 24.3 Å². The number of benzene rings is 1. The molecule has 1 amide bonds. The van der Waals surface area contributed by atoms with Crippen molar-refractivity contribution < 1.29 is 14.7 Å². The van der Waals surface area contributed by atoms with Crippen molar-refractivity contribution in [2.75, 3.05) is 0 Å². The van der Waals surface area contributed by atoms with Gasteiger partial charge < -0.3 is 10.0 Å². The van der Waals surface area contributed by atoms with Gasteiger partial charge in [0.1, 0.15) is 6.04 Å². The summed E-state index contributed by atoms with van der Waals surface area (Å²) in [6.45, 7) is 0.429. The van der Waals surface area contributed by atoms with E-state index < -0.39 is 12.0 Å². The van der Waals surface area contributed by atoms with Crippen LogP contribution in [-0.2, 0) is 22.6 Å². The van der Waals surface area contributed by atoms with Gasteiger partial charge in [-0.3, -0.25) is 4.79 Å². The summed E-state index contributed by atoms with van der Waals surface area (Å²) < 4.78 is 0. The van der Waals surface area contributed by atoms with Gasteiger partial charge in [0.25, 0.3) is 0 Å². The molecule has 21 heavy (non-hydrogen) atoms. The predicted molar refractivity (Wildman–Crippen MR) is 78.7 cm³/mol. The van der Waals surface area contributed by atoms with E-state index in [1.165, 1.54) is 12.8 Å². The Hall–Kier alpha value is -1.84. The Balaban J connectivity index is 1.78. The highest BCUT2D eigenvalue weighted by molar-refractivity contribution is 5.84. The molecule has 0 spiro atoms. The minimum absolute atomic E-state index is 0.00352. The molecule has 4 nitrogen and oxygen atoms in total. The molecule has 4 heteroatoms. The lowest BCUT2D eigenvalue weighted by Crippen LogP contribution is -2.48. The summed E-state index contributed by atoms with van der Waals surface area (Å²) >= 11 is 0. The number of carboxylic acids is 1. The molecule has 0 radical (unpaired) electrons. The van der Waals surface area contributed by atoms with Gasteiger partial charge in [-0.2, -0.15) is 0 Å². The van der Waals surface area contributed by atoms with Crippen LogP contribution >= 0.6 is 0 Å². The summed E-state index contributed by atoms with van der Waals surface area (Å²) in [5.41, 5.74) is 2.13. The summed E-state index contributed by atoms with van der Waals surface area (Å²) in [7, 11) is 0. The van der Waals surface area contributed by atoms with E-state index in [0.717, 1.165) is 24.0 Å². The SMILES string of the molecule is O=C(O)C1Cc2ccccc2CN1C(=O)CC1CCCC1. The molecule has 1 heterocycles. The molecule has 1 N–H and O–H groups in total.